The molecule has 0 saturated carbocycles. The first-order valence-corrected chi connectivity index (χ1v) is 7.20. The standard InChI is InChI=1S/C12H8Cl2N4S/c13-8-5-10(14)11-16-17-12(18(11)6-8)19-7-9-3-1-2-4-15-9/h1-6H,7H2. The van der Waals surface area contributed by atoms with Gasteiger partial charge in [-0.05, 0) is 18.2 Å². The van der Waals surface area contributed by atoms with Crippen LogP contribution in [0.25, 0.3) is 5.65 Å². The highest BCUT2D eigenvalue weighted by Crippen LogP contribution is 2.26. The highest BCUT2D eigenvalue weighted by molar-refractivity contribution is 7.98. The normalized spacial score (nSPS) is 11.1. The third-order valence-electron chi connectivity index (χ3n) is 2.47. The quantitative estimate of drug-likeness (QED) is 0.691. The van der Waals surface area contributed by atoms with Crippen molar-refractivity contribution in [3.63, 3.8) is 0 Å². The number of nitrogens with zero attached hydrogens (tertiary/aromatic N) is 4. The van der Waals surface area contributed by atoms with E-state index < -0.39 is 0 Å². The van der Waals surface area contributed by atoms with Crippen molar-refractivity contribution in [1.29, 1.82) is 0 Å². The van der Waals surface area contributed by atoms with Gasteiger partial charge in [0.2, 0.25) is 0 Å². The minimum Gasteiger partial charge on any atom is -0.275 e. The summed E-state index contributed by atoms with van der Waals surface area (Å²) in [6.45, 7) is 0. The van der Waals surface area contributed by atoms with Crippen LogP contribution in [-0.2, 0) is 5.75 Å². The second kappa shape index (κ2) is 5.36. The minimum absolute atomic E-state index is 0.490. The Hall–Kier alpha value is -1.30. The van der Waals surface area contributed by atoms with Crippen LogP contribution in [0.3, 0.4) is 0 Å². The summed E-state index contributed by atoms with van der Waals surface area (Å²) in [5.74, 6) is 0.714. The van der Waals surface area contributed by atoms with Gasteiger partial charge >= 0.3 is 0 Å². The summed E-state index contributed by atoms with van der Waals surface area (Å²) in [5, 5.41) is 9.95. The van der Waals surface area contributed by atoms with E-state index in [9.17, 15) is 0 Å². The highest BCUT2D eigenvalue weighted by atomic mass is 35.5. The number of hydrogen-bond donors (Lipinski definition) is 0. The second-order valence-electron chi connectivity index (χ2n) is 3.79. The van der Waals surface area contributed by atoms with Gasteiger partial charge in [0.05, 0.1) is 15.7 Å². The maximum atomic E-state index is 6.06. The molecular weight excluding hydrogens is 303 g/mol. The summed E-state index contributed by atoms with van der Waals surface area (Å²) in [5.41, 5.74) is 1.59. The van der Waals surface area contributed by atoms with Crippen LogP contribution in [0.1, 0.15) is 5.69 Å². The predicted molar refractivity (Wildman–Crippen MR) is 76.8 cm³/mol. The molecule has 0 saturated heterocycles. The van der Waals surface area contributed by atoms with Crippen molar-refractivity contribution in [3.8, 4) is 0 Å². The maximum absolute atomic E-state index is 6.06. The lowest BCUT2D eigenvalue weighted by Crippen LogP contribution is -1.90. The van der Waals surface area contributed by atoms with E-state index in [0.29, 0.717) is 21.4 Å². The summed E-state index contributed by atoms with van der Waals surface area (Å²) in [6.07, 6.45) is 3.52. The van der Waals surface area contributed by atoms with E-state index in [1.807, 2.05) is 18.2 Å². The van der Waals surface area contributed by atoms with Crippen molar-refractivity contribution in [2.24, 2.45) is 0 Å². The van der Waals surface area contributed by atoms with E-state index in [-0.39, 0.29) is 0 Å². The maximum Gasteiger partial charge on any atom is 0.196 e. The number of rotatable bonds is 3. The predicted octanol–water partition coefficient (Wildman–Crippen LogP) is 3.72. The molecule has 0 amide bonds. The first kappa shape index (κ1) is 12.7. The number of pyridine rings is 2. The minimum atomic E-state index is 0.490. The lowest BCUT2D eigenvalue weighted by molar-refractivity contribution is 0.920. The number of thioether (sulfide) groups is 1. The molecule has 0 fully saturated rings. The molecule has 0 unspecified atom stereocenters. The molecule has 0 aliphatic rings. The molecule has 0 N–H and O–H groups in total. The molecule has 0 atom stereocenters. The van der Waals surface area contributed by atoms with Crippen LogP contribution >= 0.6 is 35.0 Å². The van der Waals surface area contributed by atoms with Crippen molar-refractivity contribution in [3.05, 3.63) is 52.4 Å². The van der Waals surface area contributed by atoms with Crippen molar-refractivity contribution in [2.45, 2.75) is 10.9 Å². The Morgan fingerprint density at radius 2 is 2.11 bits per heavy atom. The summed E-state index contributed by atoms with van der Waals surface area (Å²) in [4.78, 5) is 4.26. The number of halogens is 2. The molecule has 7 heteroatoms. The molecule has 3 aromatic heterocycles. The van der Waals surface area contributed by atoms with E-state index in [1.165, 1.54) is 11.8 Å². The van der Waals surface area contributed by atoms with Gasteiger partial charge in [0.15, 0.2) is 10.8 Å². The topological polar surface area (TPSA) is 43.1 Å². The number of hydrogen-bond acceptors (Lipinski definition) is 4. The molecule has 4 nitrogen and oxygen atoms in total. The molecule has 0 aliphatic carbocycles. The summed E-state index contributed by atoms with van der Waals surface area (Å²) in [6, 6.07) is 7.47. The molecule has 3 heterocycles. The third kappa shape index (κ3) is 2.68. The Balaban J connectivity index is 1.89. The van der Waals surface area contributed by atoms with Gasteiger partial charge in [-0.3, -0.25) is 9.38 Å². The van der Waals surface area contributed by atoms with Gasteiger partial charge in [0.1, 0.15) is 0 Å². The van der Waals surface area contributed by atoms with E-state index in [1.54, 1.807) is 22.9 Å². The van der Waals surface area contributed by atoms with Crippen LogP contribution < -0.4 is 0 Å². The average Bonchev–Trinajstić information content (AvgIpc) is 2.81. The molecule has 0 aliphatic heterocycles. The second-order valence-corrected chi connectivity index (χ2v) is 5.58. The molecule has 3 aromatic rings. The van der Waals surface area contributed by atoms with Gasteiger partial charge in [-0.25, -0.2) is 0 Å². The monoisotopic (exact) mass is 310 g/mol. The lowest BCUT2D eigenvalue weighted by Gasteiger charge is -2.01. The fraction of sp³-hybridized carbons (Fsp3) is 0.0833. The fourth-order valence-corrected chi connectivity index (χ4v) is 2.96. The largest absolute Gasteiger partial charge is 0.275 e. The van der Waals surface area contributed by atoms with E-state index in [0.717, 1.165) is 10.9 Å². The Morgan fingerprint density at radius 1 is 1.21 bits per heavy atom. The van der Waals surface area contributed by atoms with Crippen LogP contribution in [0.15, 0.2) is 41.8 Å². The van der Waals surface area contributed by atoms with Gasteiger partial charge in [0.25, 0.3) is 0 Å². The lowest BCUT2D eigenvalue weighted by atomic mass is 10.4. The summed E-state index contributed by atoms with van der Waals surface area (Å²) in [7, 11) is 0. The Morgan fingerprint density at radius 3 is 2.89 bits per heavy atom. The fourth-order valence-electron chi connectivity index (χ4n) is 1.62. The molecule has 0 radical (unpaired) electrons. The van der Waals surface area contributed by atoms with Crippen molar-refractivity contribution in [2.75, 3.05) is 0 Å². The molecule has 0 aromatic carbocycles. The summed E-state index contributed by atoms with van der Waals surface area (Å²) < 4.78 is 1.79. The van der Waals surface area contributed by atoms with Gasteiger partial charge in [-0.15, -0.1) is 10.2 Å². The van der Waals surface area contributed by atoms with E-state index in [4.69, 9.17) is 23.2 Å². The molecule has 0 spiro atoms. The number of aromatic nitrogens is 4. The van der Waals surface area contributed by atoms with Gasteiger partial charge in [0, 0.05) is 18.1 Å². The average molecular weight is 311 g/mol. The van der Waals surface area contributed by atoms with Crippen LogP contribution in [0.4, 0.5) is 0 Å². The molecule has 19 heavy (non-hydrogen) atoms. The number of fused-ring (bicyclic) bond motifs is 1. The smallest absolute Gasteiger partial charge is 0.196 e. The van der Waals surface area contributed by atoms with Crippen molar-refractivity contribution < 1.29 is 0 Å². The van der Waals surface area contributed by atoms with Crippen LogP contribution in [0, 0.1) is 0 Å². The van der Waals surface area contributed by atoms with Crippen LogP contribution in [-0.4, -0.2) is 19.6 Å². The Bertz CT molecular complexity index is 714. The zero-order valence-electron chi connectivity index (χ0n) is 9.62. The van der Waals surface area contributed by atoms with Gasteiger partial charge < -0.3 is 0 Å². The van der Waals surface area contributed by atoms with Crippen molar-refractivity contribution >= 4 is 40.6 Å². The van der Waals surface area contributed by atoms with Crippen LogP contribution in [0.5, 0.6) is 0 Å². The first-order chi connectivity index (χ1) is 9.24. The van der Waals surface area contributed by atoms with Crippen LogP contribution in [0.2, 0.25) is 10.0 Å². The zero-order chi connectivity index (χ0) is 13.2. The third-order valence-corrected chi connectivity index (χ3v) is 3.93. The van der Waals surface area contributed by atoms with E-state index in [2.05, 4.69) is 15.2 Å². The van der Waals surface area contributed by atoms with E-state index >= 15 is 0 Å². The van der Waals surface area contributed by atoms with Crippen molar-refractivity contribution in [1.82, 2.24) is 19.6 Å². The summed E-state index contributed by atoms with van der Waals surface area (Å²) >= 11 is 13.6. The Kier molecular flexibility index (Phi) is 3.59. The van der Waals surface area contributed by atoms with Gasteiger partial charge in [-0.2, -0.15) is 0 Å². The molecule has 0 bridgehead atoms. The van der Waals surface area contributed by atoms with Gasteiger partial charge in [-0.1, -0.05) is 41.0 Å². The zero-order valence-corrected chi connectivity index (χ0v) is 12.0. The molecule has 96 valence electrons. The first-order valence-electron chi connectivity index (χ1n) is 5.46. The molecular formula is C12H8Cl2N4S. The SMILES string of the molecule is Clc1cc(Cl)c2nnc(SCc3ccccn3)n2c1. The highest BCUT2D eigenvalue weighted by Gasteiger charge is 2.10. The molecule has 3 rings (SSSR count). The Labute approximate surface area is 123 Å².